The van der Waals surface area contributed by atoms with Crippen LogP contribution in [0.4, 0.5) is 0 Å². The van der Waals surface area contributed by atoms with Crippen molar-refractivity contribution in [3.8, 4) is 0 Å². The number of aliphatic hydroxyl groups excluding tert-OH is 2. The highest BCUT2D eigenvalue weighted by molar-refractivity contribution is 5.85. The zero-order valence-corrected chi connectivity index (χ0v) is 16.2. The smallest absolute Gasteiger partial charge is 0.190 e. The third-order valence-corrected chi connectivity index (χ3v) is 4.68. The molecule has 0 saturated heterocycles. The molecule has 1 aliphatic carbocycles. The zero-order valence-electron chi connectivity index (χ0n) is 16.2. The van der Waals surface area contributed by atoms with Gasteiger partial charge in [0.25, 0.3) is 0 Å². The first kappa shape index (κ1) is 21.3. The van der Waals surface area contributed by atoms with Crippen molar-refractivity contribution in [3.63, 3.8) is 0 Å². The standard InChI is InChI=1S/C22H32O3/c1-16(8-6-9-17(2)14-20(24)21(25)15-23)11-12-19-18(3)10-7-13-22(19,4)5/h6,8-9,11-12,14,20,23-24H,7,10,13,15H2,1-5H3. The first-order chi connectivity index (χ1) is 11.7. The summed E-state index contributed by atoms with van der Waals surface area (Å²) in [5.74, 6) is -0.596. The number of hydrogen-bond donors (Lipinski definition) is 2. The minimum absolute atomic E-state index is 0.240. The van der Waals surface area contributed by atoms with Crippen molar-refractivity contribution < 1.29 is 15.0 Å². The second-order valence-corrected chi connectivity index (χ2v) is 7.51. The molecule has 0 aromatic carbocycles. The highest BCUT2D eigenvalue weighted by Gasteiger charge is 2.26. The molecule has 0 spiro atoms. The first-order valence-electron chi connectivity index (χ1n) is 8.90. The maximum Gasteiger partial charge on any atom is 0.190 e. The van der Waals surface area contributed by atoms with Crippen LogP contribution in [0.2, 0.25) is 0 Å². The number of Topliss-reactive ketones (excluding diaryl/α,β-unsaturated/α-hetero) is 1. The summed E-state index contributed by atoms with van der Waals surface area (Å²) in [6.45, 7) is 10.1. The molecule has 0 aromatic heterocycles. The summed E-state index contributed by atoms with van der Waals surface area (Å²) in [7, 11) is 0. The lowest BCUT2D eigenvalue weighted by Crippen LogP contribution is -2.21. The molecule has 1 aliphatic rings. The largest absolute Gasteiger partial charge is 0.388 e. The predicted octanol–water partition coefficient (Wildman–Crippen LogP) is 4.44. The molecular weight excluding hydrogens is 312 g/mol. The van der Waals surface area contributed by atoms with Gasteiger partial charge in [-0.15, -0.1) is 0 Å². The Labute approximate surface area is 152 Å². The normalized spacial score (nSPS) is 20.6. The van der Waals surface area contributed by atoms with E-state index in [1.54, 1.807) is 0 Å². The molecule has 1 unspecified atom stereocenters. The predicted molar refractivity (Wildman–Crippen MR) is 104 cm³/mol. The average Bonchev–Trinajstić information content (AvgIpc) is 2.52. The average molecular weight is 344 g/mol. The van der Waals surface area contributed by atoms with Gasteiger partial charge in [-0.3, -0.25) is 4.79 Å². The molecule has 3 nitrogen and oxygen atoms in total. The maximum absolute atomic E-state index is 11.1. The van der Waals surface area contributed by atoms with Gasteiger partial charge >= 0.3 is 0 Å². The molecule has 0 heterocycles. The summed E-state index contributed by atoms with van der Waals surface area (Å²) in [6, 6.07) is 0. The van der Waals surface area contributed by atoms with Gasteiger partial charge in [0.2, 0.25) is 0 Å². The molecule has 0 fully saturated rings. The van der Waals surface area contributed by atoms with Gasteiger partial charge in [-0.1, -0.05) is 60.9 Å². The molecule has 3 heteroatoms. The lowest BCUT2D eigenvalue weighted by atomic mass is 9.72. The summed E-state index contributed by atoms with van der Waals surface area (Å²) in [4.78, 5) is 11.1. The van der Waals surface area contributed by atoms with E-state index in [9.17, 15) is 9.90 Å². The number of ketones is 1. The van der Waals surface area contributed by atoms with E-state index in [0.717, 1.165) is 11.1 Å². The van der Waals surface area contributed by atoms with Gasteiger partial charge in [0.05, 0.1) is 0 Å². The molecule has 25 heavy (non-hydrogen) atoms. The van der Waals surface area contributed by atoms with E-state index < -0.39 is 18.5 Å². The van der Waals surface area contributed by atoms with Gasteiger partial charge in [0, 0.05) is 0 Å². The maximum atomic E-state index is 11.1. The lowest BCUT2D eigenvalue weighted by Gasteiger charge is -2.32. The van der Waals surface area contributed by atoms with Gasteiger partial charge in [0.15, 0.2) is 5.78 Å². The van der Waals surface area contributed by atoms with E-state index in [4.69, 9.17) is 5.11 Å². The highest BCUT2D eigenvalue weighted by atomic mass is 16.3. The van der Waals surface area contributed by atoms with E-state index in [-0.39, 0.29) is 5.41 Å². The highest BCUT2D eigenvalue weighted by Crippen LogP contribution is 2.40. The van der Waals surface area contributed by atoms with E-state index in [1.807, 2.05) is 25.2 Å². The molecule has 1 rings (SSSR count). The van der Waals surface area contributed by atoms with Crippen LogP contribution in [0.1, 0.15) is 53.9 Å². The summed E-state index contributed by atoms with van der Waals surface area (Å²) >= 11 is 0. The van der Waals surface area contributed by atoms with E-state index in [0.29, 0.717) is 0 Å². The van der Waals surface area contributed by atoms with Crippen molar-refractivity contribution in [2.45, 2.75) is 60.0 Å². The van der Waals surface area contributed by atoms with Crippen LogP contribution in [-0.4, -0.2) is 28.7 Å². The third kappa shape index (κ3) is 6.97. The van der Waals surface area contributed by atoms with Crippen LogP contribution in [0, 0.1) is 5.41 Å². The summed E-state index contributed by atoms with van der Waals surface area (Å²) in [5, 5.41) is 18.3. The lowest BCUT2D eigenvalue weighted by molar-refractivity contribution is -0.127. The minimum Gasteiger partial charge on any atom is -0.388 e. The molecule has 0 amide bonds. The Kier molecular flexibility index (Phi) is 8.27. The van der Waals surface area contributed by atoms with Gasteiger partial charge in [-0.2, -0.15) is 0 Å². The van der Waals surface area contributed by atoms with Crippen molar-refractivity contribution in [1.82, 2.24) is 0 Å². The fourth-order valence-corrected chi connectivity index (χ4v) is 3.12. The Hall–Kier alpha value is -1.71. The summed E-state index contributed by atoms with van der Waals surface area (Å²) in [5.41, 5.74) is 5.07. The van der Waals surface area contributed by atoms with Crippen LogP contribution in [0.3, 0.4) is 0 Å². The van der Waals surface area contributed by atoms with Crippen molar-refractivity contribution in [3.05, 3.63) is 58.7 Å². The molecule has 0 aromatic rings. The number of carbonyl (C=O) groups excluding carboxylic acids is 1. The molecule has 0 bridgehead atoms. The summed E-state index contributed by atoms with van der Waals surface area (Å²) in [6.07, 6.45) is 14.0. The Morgan fingerprint density at radius 1 is 1.24 bits per heavy atom. The van der Waals surface area contributed by atoms with Crippen molar-refractivity contribution in [1.29, 1.82) is 0 Å². The van der Waals surface area contributed by atoms with E-state index in [1.165, 1.54) is 36.5 Å². The molecule has 0 saturated carbocycles. The van der Waals surface area contributed by atoms with E-state index >= 15 is 0 Å². The molecular formula is C22H32O3. The van der Waals surface area contributed by atoms with E-state index in [2.05, 4.69) is 39.8 Å². The Morgan fingerprint density at radius 2 is 1.92 bits per heavy atom. The first-order valence-corrected chi connectivity index (χ1v) is 8.90. The molecule has 2 N–H and O–H groups in total. The van der Waals surface area contributed by atoms with Gasteiger partial charge < -0.3 is 10.2 Å². The fraction of sp³-hybridized carbons (Fsp3) is 0.500. The number of allylic oxidation sites excluding steroid dienone is 9. The van der Waals surface area contributed by atoms with Gasteiger partial charge in [0.1, 0.15) is 12.7 Å². The molecule has 1 atom stereocenters. The number of rotatable bonds is 7. The van der Waals surface area contributed by atoms with Gasteiger partial charge in [-0.25, -0.2) is 0 Å². The van der Waals surface area contributed by atoms with Crippen molar-refractivity contribution in [2.75, 3.05) is 6.61 Å². The number of aliphatic hydroxyl groups is 2. The van der Waals surface area contributed by atoms with Crippen LogP contribution in [0.25, 0.3) is 0 Å². The molecule has 138 valence electrons. The number of carbonyl (C=O) groups is 1. The Morgan fingerprint density at radius 3 is 2.52 bits per heavy atom. The van der Waals surface area contributed by atoms with Crippen molar-refractivity contribution >= 4 is 5.78 Å². The third-order valence-electron chi connectivity index (χ3n) is 4.68. The second-order valence-electron chi connectivity index (χ2n) is 7.51. The van der Waals surface area contributed by atoms with Crippen LogP contribution in [0.15, 0.2) is 58.7 Å². The van der Waals surface area contributed by atoms with Crippen LogP contribution in [-0.2, 0) is 4.79 Å². The fourth-order valence-electron chi connectivity index (χ4n) is 3.12. The van der Waals surface area contributed by atoms with Crippen molar-refractivity contribution in [2.24, 2.45) is 5.41 Å². The summed E-state index contributed by atoms with van der Waals surface area (Å²) < 4.78 is 0. The number of hydrogen-bond acceptors (Lipinski definition) is 3. The van der Waals surface area contributed by atoms with Crippen LogP contribution in [0.5, 0.6) is 0 Å². The monoisotopic (exact) mass is 344 g/mol. The second kappa shape index (κ2) is 9.69. The Bertz CT molecular complexity index is 628. The Balaban J connectivity index is 2.76. The van der Waals surface area contributed by atoms with Crippen LogP contribution >= 0.6 is 0 Å². The zero-order chi connectivity index (χ0) is 19.0. The minimum atomic E-state index is -1.25. The SMILES string of the molecule is CC(C=CC1=C(C)CCCC1(C)C)=CC=CC(C)=CC(O)C(=O)CO. The molecule has 0 aliphatic heterocycles. The topological polar surface area (TPSA) is 57.5 Å². The van der Waals surface area contributed by atoms with Gasteiger partial charge in [-0.05, 0) is 57.1 Å². The quantitative estimate of drug-likeness (QED) is 0.671. The van der Waals surface area contributed by atoms with Crippen LogP contribution < -0.4 is 0 Å². The molecule has 0 radical (unpaired) electrons.